The molecule has 0 aromatic carbocycles. The van der Waals surface area contributed by atoms with Crippen molar-refractivity contribution < 1.29 is 9.47 Å². The third kappa shape index (κ3) is 1.31. The molecule has 92 valence electrons. The van der Waals surface area contributed by atoms with Gasteiger partial charge in [0.1, 0.15) is 0 Å². The molecular formula is C13H23NO2. The van der Waals surface area contributed by atoms with Crippen LogP contribution in [0.25, 0.3) is 0 Å². The maximum Gasteiger partial charge on any atom is 0.0987 e. The first-order chi connectivity index (χ1) is 7.68. The Morgan fingerprint density at radius 2 is 1.88 bits per heavy atom. The summed E-state index contributed by atoms with van der Waals surface area (Å²) in [6.07, 6.45) is 8.45. The van der Waals surface area contributed by atoms with Gasteiger partial charge in [0.2, 0.25) is 0 Å². The number of methoxy groups -OCH3 is 1. The van der Waals surface area contributed by atoms with Crippen LogP contribution in [0.2, 0.25) is 0 Å². The molecule has 0 spiro atoms. The van der Waals surface area contributed by atoms with Crippen LogP contribution in [-0.2, 0) is 9.47 Å². The van der Waals surface area contributed by atoms with E-state index in [1.807, 2.05) is 0 Å². The fourth-order valence-corrected chi connectivity index (χ4v) is 3.86. The Labute approximate surface area is 97.7 Å². The Morgan fingerprint density at radius 3 is 2.31 bits per heavy atom. The molecule has 16 heavy (non-hydrogen) atoms. The molecule has 1 saturated heterocycles. The van der Waals surface area contributed by atoms with Crippen LogP contribution in [0.1, 0.15) is 44.9 Å². The molecule has 3 fully saturated rings. The second-order valence-electron chi connectivity index (χ2n) is 5.97. The standard InChI is InChI=1S/C13H23NO2/c1-15-10-13(4-2-3-9-16-13)11(5-6-11)12(14)7-8-12/h2-10,14H2,1H3. The van der Waals surface area contributed by atoms with Gasteiger partial charge in [-0.1, -0.05) is 0 Å². The molecular weight excluding hydrogens is 202 g/mol. The molecule has 0 radical (unpaired) electrons. The van der Waals surface area contributed by atoms with E-state index < -0.39 is 0 Å². The highest BCUT2D eigenvalue weighted by Gasteiger charge is 2.72. The lowest BCUT2D eigenvalue weighted by atomic mass is 9.73. The molecule has 3 aliphatic rings. The molecule has 3 rings (SSSR count). The Balaban J connectivity index is 1.87. The van der Waals surface area contributed by atoms with E-state index in [9.17, 15) is 0 Å². The van der Waals surface area contributed by atoms with Gasteiger partial charge in [-0.2, -0.15) is 0 Å². The summed E-state index contributed by atoms with van der Waals surface area (Å²) in [5.41, 5.74) is 6.75. The fraction of sp³-hybridized carbons (Fsp3) is 1.00. The first kappa shape index (κ1) is 11.0. The van der Waals surface area contributed by atoms with Gasteiger partial charge in [0.15, 0.2) is 0 Å². The predicted octanol–water partition coefficient (Wildman–Crippen LogP) is 1.84. The summed E-state index contributed by atoms with van der Waals surface area (Å²) in [5, 5.41) is 0. The average Bonchev–Trinajstić information content (AvgIpc) is 3.14. The zero-order valence-corrected chi connectivity index (χ0v) is 10.3. The third-order valence-corrected chi connectivity index (χ3v) is 5.09. The van der Waals surface area contributed by atoms with E-state index >= 15 is 0 Å². The molecule has 2 aliphatic carbocycles. The Morgan fingerprint density at radius 1 is 1.12 bits per heavy atom. The zero-order chi connectivity index (χ0) is 11.3. The van der Waals surface area contributed by atoms with Crippen LogP contribution in [0.3, 0.4) is 0 Å². The van der Waals surface area contributed by atoms with Gasteiger partial charge in [0.25, 0.3) is 0 Å². The highest BCUT2D eigenvalue weighted by molar-refractivity contribution is 5.26. The van der Waals surface area contributed by atoms with E-state index in [-0.39, 0.29) is 16.6 Å². The first-order valence-electron chi connectivity index (χ1n) is 6.60. The molecule has 2 saturated carbocycles. The van der Waals surface area contributed by atoms with Crippen molar-refractivity contribution in [1.82, 2.24) is 0 Å². The van der Waals surface area contributed by atoms with Crippen LogP contribution in [0.15, 0.2) is 0 Å². The van der Waals surface area contributed by atoms with Crippen LogP contribution < -0.4 is 5.73 Å². The summed E-state index contributed by atoms with van der Waals surface area (Å²) in [4.78, 5) is 0. The van der Waals surface area contributed by atoms with Crippen molar-refractivity contribution in [3.63, 3.8) is 0 Å². The minimum atomic E-state index is -0.0642. The molecule has 1 heterocycles. The van der Waals surface area contributed by atoms with Gasteiger partial charge >= 0.3 is 0 Å². The Bertz CT molecular complexity index is 270. The van der Waals surface area contributed by atoms with E-state index in [0.29, 0.717) is 0 Å². The maximum absolute atomic E-state index is 6.50. The van der Waals surface area contributed by atoms with Gasteiger partial charge in [-0.25, -0.2) is 0 Å². The molecule has 0 amide bonds. The second kappa shape index (κ2) is 3.44. The summed E-state index contributed by atoms with van der Waals surface area (Å²) in [7, 11) is 1.78. The second-order valence-corrected chi connectivity index (χ2v) is 5.97. The number of ether oxygens (including phenoxy) is 2. The van der Waals surface area contributed by atoms with Crippen LogP contribution in [0, 0.1) is 5.41 Å². The SMILES string of the molecule is COCC1(C2(C3(N)CC3)CC2)CCCCO1. The fourth-order valence-electron chi connectivity index (χ4n) is 3.86. The quantitative estimate of drug-likeness (QED) is 0.794. The Hall–Kier alpha value is -0.120. The van der Waals surface area contributed by atoms with Crippen LogP contribution in [-0.4, -0.2) is 31.5 Å². The smallest absolute Gasteiger partial charge is 0.0987 e. The molecule has 0 bridgehead atoms. The number of nitrogens with two attached hydrogens (primary N) is 1. The zero-order valence-electron chi connectivity index (χ0n) is 10.3. The summed E-state index contributed by atoms with van der Waals surface area (Å²) in [5.74, 6) is 0. The van der Waals surface area contributed by atoms with E-state index in [1.54, 1.807) is 7.11 Å². The highest BCUT2D eigenvalue weighted by atomic mass is 16.5. The van der Waals surface area contributed by atoms with Crippen molar-refractivity contribution in [3.05, 3.63) is 0 Å². The molecule has 3 nitrogen and oxygen atoms in total. The summed E-state index contributed by atoms with van der Waals surface area (Å²) in [6.45, 7) is 1.62. The lowest BCUT2D eigenvalue weighted by Gasteiger charge is -2.46. The highest BCUT2D eigenvalue weighted by Crippen LogP contribution is 2.70. The predicted molar refractivity (Wildman–Crippen MR) is 62.2 cm³/mol. The van der Waals surface area contributed by atoms with E-state index in [4.69, 9.17) is 15.2 Å². The van der Waals surface area contributed by atoms with Gasteiger partial charge in [-0.05, 0) is 44.9 Å². The van der Waals surface area contributed by atoms with E-state index in [1.165, 1.54) is 38.5 Å². The monoisotopic (exact) mass is 225 g/mol. The molecule has 3 heteroatoms. The number of hydrogen-bond donors (Lipinski definition) is 1. The minimum absolute atomic E-state index is 0.0642. The van der Waals surface area contributed by atoms with Crippen molar-refractivity contribution in [1.29, 1.82) is 0 Å². The molecule has 0 aromatic heterocycles. The molecule has 1 atom stereocenters. The summed E-state index contributed by atoms with van der Waals surface area (Å²) < 4.78 is 11.6. The van der Waals surface area contributed by atoms with E-state index in [2.05, 4.69) is 0 Å². The third-order valence-electron chi connectivity index (χ3n) is 5.09. The van der Waals surface area contributed by atoms with E-state index in [0.717, 1.165) is 19.6 Å². The van der Waals surface area contributed by atoms with Gasteiger partial charge in [0, 0.05) is 24.7 Å². The van der Waals surface area contributed by atoms with Crippen LogP contribution in [0.4, 0.5) is 0 Å². The molecule has 2 N–H and O–H groups in total. The van der Waals surface area contributed by atoms with Crippen molar-refractivity contribution in [2.24, 2.45) is 11.1 Å². The van der Waals surface area contributed by atoms with Gasteiger partial charge in [0.05, 0.1) is 12.2 Å². The minimum Gasteiger partial charge on any atom is -0.382 e. The Kier molecular flexibility index (Phi) is 2.36. The van der Waals surface area contributed by atoms with Crippen molar-refractivity contribution in [2.45, 2.75) is 56.1 Å². The summed E-state index contributed by atoms with van der Waals surface area (Å²) >= 11 is 0. The van der Waals surface area contributed by atoms with Gasteiger partial charge in [-0.15, -0.1) is 0 Å². The number of rotatable bonds is 4. The molecule has 1 unspecified atom stereocenters. The largest absolute Gasteiger partial charge is 0.382 e. The van der Waals surface area contributed by atoms with Crippen LogP contribution in [0.5, 0.6) is 0 Å². The number of hydrogen-bond acceptors (Lipinski definition) is 3. The molecule has 1 aliphatic heterocycles. The van der Waals surface area contributed by atoms with Crippen molar-refractivity contribution in [3.8, 4) is 0 Å². The van der Waals surface area contributed by atoms with Crippen LogP contribution >= 0.6 is 0 Å². The van der Waals surface area contributed by atoms with Gasteiger partial charge in [-0.3, -0.25) is 0 Å². The normalized spacial score (nSPS) is 39.4. The lowest BCUT2D eigenvalue weighted by Crippen LogP contribution is -2.57. The maximum atomic E-state index is 6.50. The summed E-state index contributed by atoms with van der Waals surface area (Å²) in [6, 6.07) is 0. The van der Waals surface area contributed by atoms with Gasteiger partial charge < -0.3 is 15.2 Å². The lowest BCUT2D eigenvalue weighted by molar-refractivity contribution is -0.166. The van der Waals surface area contributed by atoms with Crippen molar-refractivity contribution in [2.75, 3.05) is 20.3 Å². The average molecular weight is 225 g/mol. The molecule has 0 aromatic rings. The topological polar surface area (TPSA) is 44.5 Å². The van der Waals surface area contributed by atoms with Crippen molar-refractivity contribution >= 4 is 0 Å². The first-order valence-corrected chi connectivity index (χ1v) is 6.60.